The van der Waals surface area contributed by atoms with Crippen molar-refractivity contribution >= 4 is 5.78 Å². The number of ether oxygens (including phenoxy) is 1. The molecule has 76 valence electrons. The zero-order valence-corrected chi connectivity index (χ0v) is 8.49. The Kier molecular flexibility index (Phi) is 2.42. The molecule has 1 aliphatic carbocycles. The van der Waals surface area contributed by atoms with Crippen molar-refractivity contribution < 1.29 is 9.53 Å². The first-order valence-corrected chi connectivity index (χ1v) is 4.86. The molecule has 0 radical (unpaired) electrons. The van der Waals surface area contributed by atoms with Crippen LogP contribution in [0.3, 0.4) is 0 Å². The number of nitrogens with zero attached hydrogens (tertiary/aromatic N) is 1. The van der Waals surface area contributed by atoms with Gasteiger partial charge in [-0.15, -0.1) is 0 Å². The summed E-state index contributed by atoms with van der Waals surface area (Å²) in [6, 6.07) is 7.58. The van der Waals surface area contributed by atoms with Crippen LogP contribution >= 0.6 is 0 Å². The Hall–Kier alpha value is -1.82. The predicted molar refractivity (Wildman–Crippen MR) is 54.7 cm³/mol. The Labute approximate surface area is 88.3 Å². The number of benzene rings is 1. The highest BCUT2D eigenvalue weighted by molar-refractivity contribution is 5.91. The normalized spacial score (nSPS) is 19.2. The van der Waals surface area contributed by atoms with Crippen LogP contribution < -0.4 is 4.74 Å². The number of methoxy groups -OCH3 is 1. The standard InChI is InChI=1S/C12H11NO2/c1-15-12-4-2-3-8-9(12)5-6-11(14)10(8)7-13/h2-4,10H,5-6H2,1H3. The lowest BCUT2D eigenvalue weighted by molar-refractivity contribution is -0.119. The van der Waals surface area contributed by atoms with E-state index in [1.165, 1.54) is 0 Å². The quantitative estimate of drug-likeness (QED) is 0.696. The first kappa shape index (κ1) is 9.72. The smallest absolute Gasteiger partial charge is 0.154 e. The molecule has 15 heavy (non-hydrogen) atoms. The Morgan fingerprint density at radius 1 is 1.47 bits per heavy atom. The molecule has 1 atom stereocenters. The average Bonchev–Trinajstić information content (AvgIpc) is 2.28. The summed E-state index contributed by atoms with van der Waals surface area (Å²) in [5, 5.41) is 8.96. The van der Waals surface area contributed by atoms with Gasteiger partial charge in [0, 0.05) is 6.42 Å². The van der Waals surface area contributed by atoms with Gasteiger partial charge in [-0.2, -0.15) is 5.26 Å². The van der Waals surface area contributed by atoms with Crippen molar-refractivity contribution in [1.29, 1.82) is 5.26 Å². The van der Waals surface area contributed by atoms with Crippen LogP contribution in [0.4, 0.5) is 0 Å². The number of ketones is 1. The lowest BCUT2D eigenvalue weighted by Crippen LogP contribution is -2.19. The highest BCUT2D eigenvalue weighted by Crippen LogP contribution is 2.34. The summed E-state index contributed by atoms with van der Waals surface area (Å²) >= 11 is 0. The number of hydrogen-bond acceptors (Lipinski definition) is 3. The Balaban J connectivity index is 2.56. The summed E-state index contributed by atoms with van der Waals surface area (Å²) in [7, 11) is 1.60. The summed E-state index contributed by atoms with van der Waals surface area (Å²) in [4.78, 5) is 11.5. The summed E-state index contributed by atoms with van der Waals surface area (Å²) in [6.07, 6.45) is 1.11. The Morgan fingerprint density at radius 3 is 2.93 bits per heavy atom. The van der Waals surface area contributed by atoms with Gasteiger partial charge in [0.15, 0.2) is 5.78 Å². The molecule has 0 bridgehead atoms. The zero-order valence-electron chi connectivity index (χ0n) is 8.49. The lowest BCUT2D eigenvalue weighted by atomic mass is 9.82. The molecule has 0 saturated heterocycles. The van der Waals surface area contributed by atoms with Gasteiger partial charge in [-0.05, 0) is 23.6 Å². The van der Waals surface area contributed by atoms with Gasteiger partial charge in [-0.3, -0.25) is 4.79 Å². The van der Waals surface area contributed by atoms with Crippen LogP contribution in [0.5, 0.6) is 5.75 Å². The van der Waals surface area contributed by atoms with Crippen molar-refractivity contribution in [3.05, 3.63) is 29.3 Å². The largest absolute Gasteiger partial charge is 0.496 e. The molecule has 0 amide bonds. The van der Waals surface area contributed by atoms with Crippen LogP contribution in [0, 0.1) is 11.3 Å². The molecule has 0 spiro atoms. The topological polar surface area (TPSA) is 50.1 Å². The number of rotatable bonds is 1. The van der Waals surface area contributed by atoms with Gasteiger partial charge in [-0.25, -0.2) is 0 Å². The van der Waals surface area contributed by atoms with Crippen molar-refractivity contribution in [2.45, 2.75) is 18.8 Å². The molecule has 1 aromatic carbocycles. The van der Waals surface area contributed by atoms with Gasteiger partial charge >= 0.3 is 0 Å². The van der Waals surface area contributed by atoms with Crippen LogP contribution in [0.25, 0.3) is 0 Å². The summed E-state index contributed by atoms with van der Waals surface area (Å²) in [5.41, 5.74) is 1.82. The van der Waals surface area contributed by atoms with E-state index >= 15 is 0 Å². The van der Waals surface area contributed by atoms with Gasteiger partial charge in [-0.1, -0.05) is 12.1 Å². The van der Waals surface area contributed by atoms with Gasteiger partial charge in [0.25, 0.3) is 0 Å². The van der Waals surface area contributed by atoms with E-state index in [2.05, 4.69) is 6.07 Å². The van der Waals surface area contributed by atoms with E-state index in [9.17, 15) is 4.79 Å². The number of hydrogen-bond donors (Lipinski definition) is 0. The number of carbonyl (C=O) groups is 1. The molecule has 2 rings (SSSR count). The minimum absolute atomic E-state index is 0.0123. The second kappa shape index (κ2) is 3.74. The third-order valence-electron chi connectivity index (χ3n) is 2.77. The van der Waals surface area contributed by atoms with Gasteiger partial charge in [0.05, 0.1) is 13.2 Å². The van der Waals surface area contributed by atoms with Crippen molar-refractivity contribution in [1.82, 2.24) is 0 Å². The number of Topliss-reactive ketones (excluding diaryl/α,β-unsaturated/α-hetero) is 1. The second-order valence-electron chi connectivity index (χ2n) is 3.56. The predicted octanol–water partition coefficient (Wildman–Crippen LogP) is 1.82. The van der Waals surface area contributed by atoms with E-state index in [0.29, 0.717) is 12.8 Å². The SMILES string of the molecule is COc1cccc2c1CCC(=O)C2C#N. The first-order chi connectivity index (χ1) is 7.27. The Morgan fingerprint density at radius 2 is 2.27 bits per heavy atom. The van der Waals surface area contributed by atoms with Crippen molar-refractivity contribution in [3.63, 3.8) is 0 Å². The zero-order chi connectivity index (χ0) is 10.8. The summed E-state index contributed by atoms with van der Waals surface area (Å²) < 4.78 is 5.22. The minimum Gasteiger partial charge on any atom is -0.496 e. The fraction of sp³-hybridized carbons (Fsp3) is 0.333. The molecule has 1 aliphatic rings. The molecule has 1 unspecified atom stereocenters. The maximum Gasteiger partial charge on any atom is 0.154 e. The molecule has 0 aliphatic heterocycles. The fourth-order valence-electron chi connectivity index (χ4n) is 2.02. The molecule has 0 N–H and O–H groups in total. The summed E-state index contributed by atoms with van der Waals surface area (Å²) in [6.45, 7) is 0. The molecule has 0 fully saturated rings. The Bertz CT molecular complexity index is 445. The number of fused-ring (bicyclic) bond motifs is 1. The maximum absolute atomic E-state index is 11.5. The van der Waals surface area contributed by atoms with Crippen LogP contribution in [0.2, 0.25) is 0 Å². The third-order valence-corrected chi connectivity index (χ3v) is 2.77. The van der Waals surface area contributed by atoms with Gasteiger partial charge in [0.1, 0.15) is 11.7 Å². The van der Waals surface area contributed by atoms with Gasteiger partial charge in [0.2, 0.25) is 0 Å². The molecule has 0 heterocycles. The molecule has 3 heteroatoms. The van der Waals surface area contributed by atoms with Crippen molar-refractivity contribution in [2.75, 3.05) is 7.11 Å². The van der Waals surface area contributed by atoms with Crippen LogP contribution in [-0.2, 0) is 11.2 Å². The van der Waals surface area contributed by atoms with E-state index in [4.69, 9.17) is 10.00 Å². The van der Waals surface area contributed by atoms with E-state index in [1.807, 2.05) is 18.2 Å². The first-order valence-electron chi connectivity index (χ1n) is 4.86. The minimum atomic E-state index is -0.608. The molecule has 0 aromatic heterocycles. The highest BCUT2D eigenvalue weighted by Gasteiger charge is 2.28. The molecule has 3 nitrogen and oxygen atoms in total. The number of carbonyl (C=O) groups excluding carboxylic acids is 1. The fourth-order valence-corrected chi connectivity index (χ4v) is 2.02. The van der Waals surface area contributed by atoms with Gasteiger partial charge < -0.3 is 4.74 Å². The van der Waals surface area contributed by atoms with E-state index < -0.39 is 5.92 Å². The van der Waals surface area contributed by atoms with E-state index in [1.54, 1.807) is 7.11 Å². The van der Waals surface area contributed by atoms with Crippen LogP contribution in [0.15, 0.2) is 18.2 Å². The van der Waals surface area contributed by atoms with Crippen molar-refractivity contribution in [2.24, 2.45) is 0 Å². The van der Waals surface area contributed by atoms with E-state index in [0.717, 1.165) is 16.9 Å². The monoisotopic (exact) mass is 201 g/mol. The highest BCUT2D eigenvalue weighted by atomic mass is 16.5. The maximum atomic E-state index is 11.5. The van der Waals surface area contributed by atoms with Crippen LogP contribution in [0.1, 0.15) is 23.5 Å². The van der Waals surface area contributed by atoms with Crippen molar-refractivity contribution in [3.8, 4) is 11.8 Å². The third kappa shape index (κ3) is 1.48. The molecular formula is C12H11NO2. The lowest BCUT2D eigenvalue weighted by Gasteiger charge is -2.21. The number of nitriles is 1. The molecular weight excluding hydrogens is 190 g/mol. The van der Waals surface area contributed by atoms with E-state index in [-0.39, 0.29) is 5.78 Å². The van der Waals surface area contributed by atoms with Crippen LogP contribution in [-0.4, -0.2) is 12.9 Å². The average molecular weight is 201 g/mol. The second-order valence-corrected chi connectivity index (χ2v) is 3.56. The summed E-state index contributed by atoms with van der Waals surface area (Å²) in [5.74, 6) is 0.183. The molecule has 1 aromatic rings. The molecule has 0 saturated carbocycles.